The van der Waals surface area contributed by atoms with Gasteiger partial charge in [-0.3, -0.25) is 4.68 Å². The minimum atomic E-state index is -3.57. The summed E-state index contributed by atoms with van der Waals surface area (Å²) in [5, 5.41) is 13.1. The lowest BCUT2D eigenvalue weighted by atomic mass is 9.91. The van der Waals surface area contributed by atoms with Gasteiger partial charge in [-0.05, 0) is 42.9 Å². The predicted octanol–water partition coefficient (Wildman–Crippen LogP) is 2.56. The molecule has 1 aromatic carbocycles. The highest BCUT2D eigenvalue weighted by atomic mass is 32.2. The molecule has 1 saturated heterocycles. The number of carboxylic acid groups (broad SMARTS) is 1. The number of aromatic nitrogens is 2. The number of hydrogen-bond acceptors (Lipinski definition) is 4. The fourth-order valence-electron chi connectivity index (χ4n) is 3.31. The van der Waals surface area contributed by atoms with Crippen LogP contribution in [-0.2, 0) is 16.6 Å². The normalized spacial score (nSPS) is 18.7. The highest BCUT2D eigenvalue weighted by Gasteiger charge is 2.31. The van der Waals surface area contributed by atoms with Crippen molar-refractivity contribution in [3.8, 4) is 0 Å². The van der Waals surface area contributed by atoms with E-state index in [1.54, 1.807) is 35.1 Å². The molecule has 26 heavy (non-hydrogen) atoms. The van der Waals surface area contributed by atoms with E-state index in [4.69, 9.17) is 5.11 Å². The molecular weight excluding hydrogens is 354 g/mol. The summed E-state index contributed by atoms with van der Waals surface area (Å²) in [5.41, 5.74) is 1.20. The molecule has 0 saturated carbocycles. The fourth-order valence-corrected chi connectivity index (χ4v) is 4.79. The molecule has 1 unspecified atom stereocenters. The van der Waals surface area contributed by atoms with Gasteiger partial charge in [0, 0.05) is 25.8 Å². The van der Waals surface area contributed by atoms with Crippen LogP contribution in [0.3, 0.4) is 0 Å². The standard InChI is InChI=1S/C18H23N3O4S/c1-2-9-20-13-17(11-19-20)26(24,25)21-10-3-4-16(12-21)14-5-7-15(8-6-14)18(22)23/h5-8,11,13,16H,2-4,9-10,12H2,1H3,(H,22,23). The summed E-state index contributed by atoms with van der Waals surface area (Å²) in [6.07, 6.45) is 5.54. The molecule has 3 rings (SSSR count). The first-order valence-electron chi connectivity index (χ1n) is 8.77. The summed E-state index contributed by atoms with van der Waals surface area (Å²) >= 11 is 0. The van der Waals surface area contributed by atoms with Gasteiger partial charge < -0.3 is 5.11 Å². The quantitative estimate of drug-likeness (QED) is 0.835. The van der Waals surface area contributed by atoms with Gasteiger partial charge in [-0.15, -0.1) is 0 Å². The first-order valence-corrected chi connectivity index (χ1v) is 10.2. The molecule has 0 spiro atoms. The third kappa shape index (κ3) is 3.81. The summed E-state index contributed by atoms with van der Waals surface area (Å²) in [6, 6.07) is 6.70. The van der Waals surface area contributed by atoms with Crippen LogP contribution in [0.5, 0.6) is 0 Å². The van der Waals surface area contributed by atoms with Crippen molar-refractivity contribution in [1.82, 2.24) is 14.1 Å². The average molecular weight is 377 g/mol. The summed E-state index contributed by atoms with van der Waals surface area (Å²) in [4.78, 5) is 11.2. The van der Waals surface area contributed by atoms with Gasteiger partial charge in [-0.2, -0.15) is 9.40 Å². The van der Waals surface area contributed by atoms with Crippen molar-refractivity contribution in [3.05, 3.63) is 47.8 Å². The Morgan fingerprint density at radius 3 is 2.69 bits per heavy atom. The van der Waals surface area contributed by atoms with Crippen molar-refractivity contribution in [2.24, 2.45) is 0 Å². The van der Waals surface area contributed by atoms with E-state index in [9.17, 15) is 13.2 Å². The van der Waals surface area contributed by atoms with Crippen LogP contribution >= 0.6 is 0 Å². The average Bonchev–Trinajstić information content (AvgIpc) is 3.12. The van der Waals surface area contributed by atoms with Crippen LogP contribution in [0.2, 0.25) is 0 Å². The Morgan fingerprint density at radius 1 is 1.31 bits per heavy atom. The molecule has 7 nitrogen and oxygen atoms in total. The lowest BCUT2D eigenvalue weighted by Gasteiger charge is -2.31. The molecule has 0 bridgehead atoms. The van der Waals surface area contributed by atoms with E-state index in [-0.39, 0.29) is 16.4 Å². The monoisotopic (exact) mass is 377 g/mol. The largest absolute Gasteiger partial charge is 0.478 e. The molecule has 2 heterocycles. The Morgan fingerprint density at radius 2 is 2.04 bits per heavy atom. The van der Waals surface area contributed by atoms with Gasteiger partial charge in [0.15, 0.2) is 0 Å². The van der Waals surface area contributed by atoms with Crippen LogP contribution in [-0.4, -0.2) is 46.7 Å². The second-order valence-electron chi connectivity index (χ2n) is 6.57. The SMILES string of the molecule is CCCn1cc(S(=O)(=O)N2CCCC(c3ccc(C(=O)O)cc3)C2)cn1. The molecule has 2 aromatic rings. The maximum absolute atomic E-state index is 12.9. The zero-order valence-corrected chi connectivity index (χ0v) is 15.5. The van der Waals surface area contributed by atoms with Crippen molar-refractivity contribution >= 4 is 16.0 Å². The van der Waals surface area contributed by atoms with E-state index < -0.39 is 16.0 Å². The Kier molecular flexibility index (Phi) is 5.43. The van der Waals surface area contributed by atoms with Crippen molar-refractivity contribution in [3.63, 3.8) is 0 Å². The summed E-state index contributed by atoms with van der Waals surface area (Å²) in [6.45, 7) is 3.59. The third-order valence-electron chi connectivity index (χ3n) is 4.71. The second-order valence-corrected chi connectivity index (χ2v) is 8.51. The zero-order valence-electron chi connectivity index (χ0n) is 14.7. The van der Waals surface area contributed by atoms with Gasteiger partial charge in [0.25, 0.3) is 0 Å². The molecule has 0 aliphatic carbocycles. The zero-order chi connectivity index (χ0) is 18.7. The van der Waals surface area contributed by atoms with Crippen LogP contribution in [0.25, 0.3) is 0 Å². The number of aromatic carboxylic acids is 1. The van der Waals surface area contributed by atoms with Gasteiger partial charge in [0.1, 0.15) is 4.90 Å². The van der Waals surface area contributed by atoms with Gasteiger partial charge in [-0.25, -0.2) is 13.2 Å². The lowest BCUT2D eigenvalue weighted by Crippen LogP contribution is -2.39. The van der Waals surface area contributed by atoms with Crippen LogP contribution in [0.15, 0.2) is 41.6 Å². The fraction of sp³-hybridized carbons (Fsp3) is 0.444. The van der Waals surface area contributed by atoms with Gasteiger partial charge in [-0.1, -0.05) is 19.1 Å². The van der Waals surface area contributed by atoms with E-state index in [1.165, 1.54) is 10.5 Å². The van der Waals surface area contributed by atoms with Crippen LogP contribution < -0.4 is 0 Å². The van der Waals surface area contributed by atoms with E-state index in [0.29, 0.717) is 19.6 Å². The number of hydrogen-bond donors (Lipinski definition) is 1. The maximum atomic E-state index is 12.9. The molecule has 1 aliphatic heterocycles. The molecule has 1 N–H and O–H groups in total. The van der Waals surface area contributed by atoms with E-state index in [1.807, 2.05) is 6.92 Å². The Hall–Kier alpha value is -2.19. The number of carbonyl (C=O) groups is 1. The van der Waals surface area contributed by atoms with Crippen molar-refractivity contribution in [1.29, 1.82) is 0 Å². The molecule has 1 atom stereocenters. The number of sulfonamides is 1. The first kappa shape index (κ1) is 18.6. The number of aryl methyl sites for hydroxylation is 1. The smallest absolute Gasteiger partial charge is 0.335 e. The van der Waals surface area contributed by atoms with Crippen molar-refractivity contribution in [2.75, 3.05) is 13.1 Å². The number of piperidine rings is 1. The van der Waals surface area contributed by atoms with Gasteiger partial charge in [0.2, 0.25) is 10.0 Å². The minimum Gasteiger partial charge on any atom is -0.478 e. The van der Waals surface area contributed by atoms with E-state index in [2.05, 4.69) is 5.10 Å². The topological polar surface area (TPSA) is 92.5 Å². The highest BCUT2D eigenvalue weighted by molar-refractivity contribution is 7.89. The highest BCUT2D eigenvalue weighted by Crippen LogP contribution is 2.30. The van der Waals surface area contributed by atoms with Crippen LogP contribution in [0.1, 0.15) is 48.0 Å². The maximum Gasteiger partial charge on any atom is 0.335 e. The lowest BCUT2D eigenvalue weighted by molar-refractivity contribution is 0.0697. The summed E-state index contributed by atoms with van der Waals surface area (Å²) in [5.74, 6) is -0.902. The Balaban J connectivity index is 1.77. The van der Waals surface area contributed by atoms with Crippen LogP contribution in [0.4, 0.5) is 0 Å². The molecule has 0 amide bonds. The Labute approximate surface area is 153 Å². The summed E-state index contributed by atoms with van der Waals surface area (Å²) < 4.78 is 29.0. The van der Waals surface area contributed by atoms with Gasteiger partial charge >= 0.3 is 5.97 Å². The Bertz CT molecular complexity index is 874. The van der Waals surface area contributed by atoms with Crippen molar-refractivity contribution < 1.29 is 18.3 Å². The number of benzene rings is 1. The molecule has 8 heteroatoms. The molecule has 140 valence electrons. The van der Waals surface area contributed by atoms with Gasteiger partial charge in [0.05, 0.1) is 11.8 Å². The third-order valence-corrected chi connectivity index (χ3v) is 6.53. The summed E-state index contributed by atoms with van der Waals surface area (Å²) in [7, 11) is -3.57. The van der Waals surface area contributed by atoms with E-state index >= 15 is 0 Å². The predicted molar refractivity (Wildman–Crippen MR) is 96.7 cm³/mol. The molecule has 1 fully saturated rings. The van der Waals surface area contributed by atoms with Crippen molar-refractivity contribution in [2.45, 2.75) is 43.5 Å². The van der Waals surface area contributed by atoms with E-state index in [0.717, 1.165) is 24.8 Å². The molecular formula is C18H23N3O4S. The number of carboxylic acids is 1. The second kappa shape index (κ2) is 7.59. The first-order chi connectivity index (χ1) is 12.4. The molecule has 0 radical (unpaired) electrons. The molecule has 1 aromatic heterocycles. The number of nitrogens with zero attached hydrogens (tertiary/aromatic N) is 3. The number of rotatable bonds is 6. The molecule has 1 aliphatic rings. The minimum absolute atomic E-state index is 0.0621. The van der Waals surface area contributed by atoms with Crippen LogP contribution in [0, 0.1) is 0 Å².